The van der Waals surface area contributed by atoms with Crippen LogP contribution in [-0.4, -0.2) is 37.2 Å². The molecule has 0 atom stereocenters. The molecule has 0 unspecified atom stereocenters. The summed E-state index contributed by atoms with van der Waals surface area (Å²) >= 11 is 2.79. The maximum atomic E-state index is 14.7. The summed E-state index contributed by atoms with van der Waals surface area (Å²) in [5.74, 6) is 0.814. The predicted octanol–water partition coefficient (Wildman–Crippen LogP) is 4.60. The summed E-state index contributed by atoms with van der Waals surface area (Å²) in [6, 6.07) is 10.1. The van der Waals surface area contributed by atoms with Gasteiger partial charge in [0.25, 0.3) is 5.91 Å². The molecule has 4 aromatic rings. The molecule has 0 aliphatic carbocycles. The second-order valence-corrected chi connectivity index (χ2v) is 9.23. The lowest BCUT2D eigenvalue weighted by Crippen LogP contribution is -2.27. The highest BCUT2D eigenvalue weighted by molar-refractivity contribution is 7.98. The summed E-state index contributed by atoms with van der Waals surface area (Å²) < 4.78 is 16.4. The molecule has 3 aromatic heterocycles. The Morgan fingerprint density at radius 1 is 1.19 bits per heavy atom. The number of thiazole rings is 1. The minimum absolute atomic E-state index is 0.180. The molecule has 0 saturated carbocycles. The molecule has 0 bridgehead atoms. The Morgan fingerprint density at radius 2 is 1.97 bits per heavy atom. The minimum Gasteiger partial charge on any atom is -0.350 e. The lowest BCUT2D eigenvalue weighted by Gasteiger charge is -2.10. The monoisotopic (exact) mass is 468 g/mol. The lowest BCUT2D eigenvalue weighted by molar-refractivity contribution is 0.0944. The zero-order chi connectivity index (χ0) is 22.5. The van der Waals surface area contributed by atoms with Crippen LogP contribution in [0.5, 0.6) is 0 Å². The first-order chi connectivity index (χ1) is 15.5. The van der Waals surface area contributed by atoms with Gasteiger partial charge >= 0.3 is 0 Å². The average molecular weight is 469 g/mol. The van der Waals surface area contributed by atoms with E-state index in [-0.39, 0.29) is 11.7 Å². The van der Waals surface area contributed by atoms with Gasteiger partial charge in [0.05, 0.1) is 11.4 Å². The summed E-state index contributed by atoms with van der Waals surface area (Å²) in [4.78, 5) is 20.7. The van der Waals surface area contributed by atoms with Gasteiger partial charge < -0.3 is 5.32 Å². The molecule has 0 spiro atoms. The van der Waals surface area contributed by atoms with Gasteiger partial charge in [-0.3, -0.25) is 14.3 Å². The van der Waals surface area contributed by atoms with Crippen molar-refractivity contribution in [2.75, 3.05) is 6.54 Å². The van der Waals surface area contributed by atoms with Crippen LogP contribution in [0.1, 0.15) is 29.3 Å². The first-order valence-corrected chi connectivity index (χ1v) is 11.9. The molecular formula is C22H21FN6OS2. The number of benzene rings is 1. The van der Waals surface area contributed by atoms with Crippen LogP contribution in [-0.2, 0) is 5.75 Å². The van der Waals surface area contributed by atoms with Crippen molar-refractivity contribution in [2.24, 2.45) is 5.92 Å². The lowest BCUT2D eigenvalue weighted by atomic mass is 10.2. The van der Waals surface area contributed by atoms with E-state index in [1.165, 1.54) is 29.2 Å². The highest BCUT2D eigenvalue weighted by atomic mass is 32.2. The molecule has 1 amide bonds. The number of hydrogen-bond donors (Lipinski definition) is 1. The van der Waals surface area contributed by atoms with Crippen molar-refractivity contribution < 1.29 is 9.18 Å². The predicted molar refractivity (Wildman–Crippen MR) is 123 cm³/mol. The number of aromatic nitrogens is 5. The molecule has 0 fully saturated rings. The topological polar surface area (TPSA) is 85.6 Å². The van der Waals surface area contributed by atoms with Crippen molar-refractivity contribution >= 4 is 29.0 Å². The van der Waals surface area contributed by atoms with Crippen LogP contribution in [0.15, 0.2) is 59.3 Å². The molecule has 32 heavy (non-hydrogen) atoms. The number of pyridine rings is 1. The Morgan fingerprint density at radius 3 is 2.72 bits per heavy atom. The summed E-state index contributed by atoms with van der Waals surface area (Å²) in [5, 5.41) is 14.5. The SMILES string of the molecule is CC(C)CNC(=O)c1csc(CSc2nnc(-c3ccncc3)n2-c2ccccc2F)n1. The van der Waals surface area contributed by atoms with Gasteiger partial charge in [-0.05, 0) is 30.2 Å². The molecule has 4 rings (SSSR count). The second-order valence-electron chi connectivity index (χ2n) is 7.35. The quantitative estimate of drug-likeness (QED) is 0.380. The first-order valence-electron chi connectivity index (χ1n) is 9.99. The zero-order valence-electron chi connectivity index (χ0n) is 17.5. The Kier molecular flexibility index (Phi) is 6.91. The standard InChI is InChI=1S/C22H21FN6OS2/c1-14(2)11-25-21(30)17-12-31-19(26-17)13-32-22-28-27-20(15-7-9-24-10-8-15)29(22)18-6-4-3-5-16(18)23/h3-10,12,14H,11,13H2,1-2H3,(H,25,30). The Labute approximate surface area is 193 Å². The van der Waals surface area contributed by atoms with Crippen molar-refractivity contribution in [2.45, 2.75) is 24.8 Å². The molecule has 0 aliphatic heterocycles. The molecule has 7 nitrogen and oxygen atoms in total. The van der Waals surface area contributed by atoms with Gasteiger partial charge in [-0.25, -0.2) is 9.37 Å². The molecular weight excluding hydrogens is 447 g/mol. The highest BCUT2D eigenvalue weighted by Gasteiger charge is 2.19. The molecule has 10 heteroatoms. The molecule has 0 saturated heterocycles. The van der Waals surface area contributed by atoms with E-state index in [0.717, 1.165) is 10.6 Å². The summed E-state index contributed by atoms with van der Waals surface area (Å²) in [6.45, 7) is 4.68. The van der Waals surface area contributed by atoms with E-state index in [9.17, 15) is 9.18 Å². The number of halogens is 1. The fraction of sp³-hybridized carbons (Fsp3) is 0.227. The number of para-hydroxylation sites is 1. The van der Waals surface area contributed by atoms with Gasteiger partial charge in [0.15, 0.2) is 11.0 Å². The van der Waals surface area contributed by atoms with Crippen molar-refractivity contribution in [3.8, 4) is 17.1 Å². The number of hydrogen-bond acceptors (Lipinski definition) is 7. The molecule has 1 aromatic carbocycles. The van der Waals surface area contributed by atoms with Gasteiger partial charge in [-0.1, -0.05) is 37.7 Å². The fourth-order valence-electron chi connectivity index (χ4n) is 2.90. The number of carbonyl (C=O) groups is 1. The van der Waals surface area contributed by atoms with E-state index in [0.29, 0.717) is 40.6 Å². The third-order valence-electron chi connectivity index (χ3n) is 4.45. The molecule has 0 aliphatic rings. The number of carbonyl (C=O) groups excluding carboxylic acids is 1. The third kappa shape index (κ3) is 5.03. The largest absolute Gasteiger partial charge is 0.350 e. The summed E-state index contributed by atoms with van der Waals surface area (Å²) in [7, 11) is 0. The normalized spacial score (nSPS) is 11.1. The average Bonchev–Trinajstić information content (AvgIpc) is 3.44. The van der Waals surface area contributed by atoms with Crippen LogP contribution in [0, 0.1) is 11.7 Å². The van der Waals surface area contributed by atoms with E-state index in [1.54, 1.807) is 52.7 Å². The van der Waals surface area contributed by atoms with Gasteiger partial charge in [-0.15, -0.1) is 21.5 Å². The highest BCUT2D eigenvalue weighted by Crippen LogP contribution is 2.31. The van der Waals surface area contributed by atoms with Gasteiger partial charge in [0.2, 0.25) is 0 Å². The molecule has 3 heterocycles. The Balaban J connectivity index is 1.58. The Bertz CT molecular complexity index is 1210. The van der Waals surface area contributed by atoms with Gasteiger partial charge in [-0.2, -0.15) is 0 Å². The third-order valence-corrected chi connectivity index (χ3v) is 6.42. The smallest absolute Gasteiger partial charge is 0.270 e. The minimum atomic E-state index is -0.372. The van der Waals surface area contributed by atoms with Crippen molar-refractivity contribution in [1.82, 2.24) is 30.0 Å². The van der Waals surface area contributed by atoms with Crippen LogP contribution in [0.4, 0.5) is 4.39 Å². The number of nitrogens with zero attached hydrogens (tertiary/aromatic N) is 5. The maximum Gasteiger partial charge on any atom is 0.270 e. The molecule has 164 valence electrons. The van der Waals surface area contributed by atoms with E-state index in [4.69, 9.17) is 0 Å². The second kappa shape index (κ2) is 10.0. The molecule has 1 N–H and O–H groups in total. The maximum absolute atomic E-state index is 14.7. The van der Waals surface area contributed by atoms with Crippen LogP contribution < -0.4 is 5.32 Å². The van der Waals surface area contributed by atoms with E-state index in [1.807, 2.05) is 13.8 Å². The van der Waals surface area contributed by atoms with Crippen molar-refractivity contribution in [3.05, 3.63) is 70.7 Å². The first kappa shape index (κ1) is 22.1. The summed E-state index contributed by atoms with van der Waals surface area (Å²) in [5.41, 5.74) is 1.54. The fourth-order valence-corrected chi connectivity index (χ4v) is 4.63. The van der Waals surface area contributed by atoms with Crippen molar-refractivity contribution in [1.29, 1.82) is 0 Å². The van der Waals surface area contributed by atoms with Gasteiger partial charge in [0.1, 0.15) is 16.5 Å². The van der Waals surface area contributed by atoms with Gasteiger partial charge in [0, 0.05) is 29.9 Å². The number of amides is 1. The van der Waals surface area contributed by atoms with Crippen LogP contribution in [0.3, 0.4) is 0 Å². The van der Waals surface area contributed by atoms with E-state index in [2.05, 4.69) is 25.5 Å². The van der Waals surface area contributed by atoms with Crippen molar-refractivity contribution in [3.63, 3.8) is 0 Å². The zero-order valence-corrected chi connectivity index (χ0v) is 19.2. The molecule has 0 radical (unpaired) electrons. The van der Waals surface area contributed by atoms with Crippen LogP contribution in [0.2, 0.25) is 0 Å². The van der Waals surface area contributed by atoms with E-state index < -0.39 is 0 Å². The van der Waals surface area contributed by atoms with Crippen LogP contribution >= 0.6 is 23.1 Å². The number of nitrogens with one attached hydrogen (secondary N) is 1. The summed E-state index contributed by atoms with van der Waals surface area (Å²) in [6.07, 6.45) is 3.31. The Hall–Kier alpha value is -3.11. The van der Waals surface area contributed by atoms with E-state index >= 15 is 0 Å². The number of rotatable bonds is 8. The van der Waals surface area contributed by atoms with Crippen LogP contribution in [0.25, 0.3) is 17.1 Å². The number of thioether (sulfide) groups is 1.